The zero-order valence-corrected chi connectivity index (χ0v) is 11.5. The van der Waals surface area contributed by atoms with Crippen molar-refractivity contribution in [3.05, 3.63) is 39.8 Å². The molecular weight excluding hydrogens is 306 g/mol. The third kappa shape index (κ3) is 2.58. The van der Waals surface area contributed by atoms with Gasteiger partial charge in [-0.25, -0.2) is 13.4 Å². The number of hydrogen-bond acceptors (Lipinski definition) is 4. The molecule has 4 nitrogen and oxygen atoms in total. The van der Waals surface area contributed by atoms with Crippen molar-refractivity contribution in [1.82, 2.24) is 0 Å². The van der Waals surface area contributed by atoms with Crippen molar-refractivity contribution in [2.45, 2.75) is 6.92 Å². The molecule has 0 amide bonds. The van der Waals surface area contributed by atoms with Gasteiger partial charge in [-0.05, 0) is 40.5 Å². The maximum absolute atomic E-state index is 11.7. The van der Waals surface area contributed by atoms with E-state index in [-0.39, 0.29) is 15.5 Å². The topological polar surface area (TPSA) is 55.7 Å². The molecule has 0 aromatic heterocycles. The number of sulfone groups is 1. The van der Waals surface area contributed by atoms with E-state index in [1.165, 1.54) is 6.20 Å². The zero-order valence-electron chi connectivity index (χ0n) is 9.05. The molecule has 17 heavy (non-hydrogen) atoms. The van der Waals surface area contributed by atoms with Crippen LogP contribution in [0.1, 0.15) is 5.56 Å². The van der Waals surface area contributed by atoms with Gasteiger partial charge < -0.3 is 4.74 Å². The summed E-state index contributed by atoms with van der Waals surface area (Å²) in [6, 6.07) is 7.40. The predicted molar refractivity (Wildman–Crippen MR) is 70.0 cm³/mol. The second-order valence-corrected chi connectivity index (χ2v) is 6.86. The molecule has 0 fully saturated rings. The largest absolute Gasteiger partial charge is 0.487 e. The van der Waals surface area contributed by atoms with E-state index >= 15 is 0 Å². The highest BCUT2D eigenvalue weighted by molar-refractivity contribution is 9.14. The van der Waals surface area contributed by atoms with Crippen molar-refractivity contribution in [2.75, 3.05) is 6.61 Å². The minimum Gasteiger partial charge on any atom is -0.487 e. The average molecular weight is 316 g/mol. The summed E-state index contributed by atoms with van der Waals surface area (Å²) >= 11 is 2.94. The molecule has 6 heteroatoms. The maximum Gasteiger partial charge on any atom is 0.231 e. The van der Waals surface area contributed by atoms with Crippen molar-refractivity contribution < 1.29 is 13.2 Å². The van der Waals surface area contributed by atoms with Crippen molar-refractivity contribution in [1.29, 1.82) is 0 Å². The molecule has 1 aliphatic heterocycles. The lowest BCUT2D eigenvalue weighted by molar-refractivity contribution is 0.378. The number of halogens is 1. The summed E-state index contributed by atoms with van der Waals surface area (Å²) in [6.45, 7) is 1.88. The van der Waals surface area contributed by atoms with Gasteiger partial charge in [-0.1, -0.05) is 12.1 Å². The first kappa shape index (κ1) is 12.3. The number of nitrogens with zero attached hydrogens (tertiary/aromatic N) is 1. The molecule has 0 unspecified atom stereocenters. The van der Waals surface area contributed by atoms with Crippen molar-refractivity contribution >= 4 is 30.8 Å². The highest BCUT2D eigenvalue weighted by Crippen LogP contribution is 2.23. The lowest BCUT2D eigenvalue weighted by atomic mass is 10.2. The van der Waals surface area contributed by atoms with Crippen LogP contribution in [0.15, 0.2) is 39.3 Å². The second-order valence-electron chi connectivity index (χ2n) is 3.56. The van der Waals surface area contributed by atoms with Crippen molar-refractivity contribution in [2.24, 2.45) is 4.99 Å². The molecule has 1 heterocycles. The molecule has 0 radical (unpaired) electrons. The Morgan fingerprint density at radius 2 is 2.18 bits per heavy atom. The Kier molecular flexibility index (Phi) is 3.35. The SMILES string of the molecule is Cc1cccc(OCC2=NC=C(Br)S2(=O)=O)c1. The molecule has 0 saturated carbocycles. The molecule has 0 spiro atoms. The van der Waals surface area contributed by atoms with Crippen LogP contribution in [0.5, 0.6) is 5.75 Å². The van der Waals surface area contributed by atoms with E-state index in [9.17, 15) is 8.42 Å². The fraction of sp³-hybridized carbons (Fsp3) is 0.182. The van der Waals surface area contributed by atoms with Crippen LogP contribution in [-0.2, 0) is 9.84 Å². The maximum atomic E-state index is 11.7. The summed E-state index contributed by atoms with van der Waals surface area (Å²) in [5, 5.41) is 0.0193. The molecule has 0 atom stereocenters. The van der Waals surface area contributed by atoms with Crippen molar-refractivity contribution in [3.63, 3.8) is 0 Å². The molecule has 1 aromatic carbocycles. The van der Waals surface area contributed by atoms with E-state index in [1.807, 2.05) is 25.1 Å². The molecule has 0 aliphatic carbocycles. The minimum atomic E-state index is -3.44. The zero-order chi connectivity index (χ0) is 12.5. The Labute approximate surface area is 108 Å². The number of aliphatic imine (C=N–C) groups is 1. The molecule has 90 valence electrons. The summed E-state index contributed by atoms with van der Waals surface area (Å²) < 4.78 is 28.8. The van der Waals surface area contributed by atoms with Crippen LogP contribution < -0.4 is 4.74 Å². The number of benzene rings is 1. The standard InChI is InChI=1S/C11H10BrNO3S/c1-8-3-2-4-9(5-8)16-7-11-13-6-10(12)17(11,14)15/h2-6H,7H2,1H3. The van der Waals surface area contributed by atoms with Gasteiger partial charge >= 0.3 is 0 Å². The smallest absolute Gasteiger partial charge is 0.231 e. The average Bonchev–Trinajstić information content (AvgIpc) is 2.52. The van der Waals surface area contributed by atoms with Gasteiger partial charge in [0, 0.05) is 0 Å². The van der Waals surface area contributed by atoms with Gasteiger partial charge in [0.1, 0.15) is 16.2 Å². The summed E-state index contributed by atoms with van der Waals surface area (Å²) in [5.74, 6) is 0.630. The van der Waals surface area contributed by atoms with Gasteiger partial charge in [-0.2, -0.15) is 0 Å². The molecule has 0 bridgehead atoms. The molecular formula is C11H10BrNO3S. The molecule has 1 aromatic rings. The van der Waals surface area contributed by atoms with Crippen LogP contribution in [0.3, 0.4) is 0 Å². The first-order valence-corrected chi connectivity index (χ1v) is 7.14. The van der Waals surface area contributed by atoms with E-state index in [1.54, 1.807) is 6.07 Å². The number of ether oxygens (including phenoxy) is 1. The predicted octanol–water partition coefficient (Wildman–Crippen LogP) is 2.39. The Bertz CT molecular complexity index is 605. The van der Waals surface area contributed by atoms with Crippen LogP contribution in [0.4, 0.5) is 0 Å². The molecule has 0 N–H and O–H groups in total. The van der Waals surface area contributed by atoms with Crippen LogP contribution >= 0.6 is 15.9 Å². The Balaban J connectivity index is 2.07. The van der Waals surface area contributed by atoms with Gasteiger partial charge in [0.15, 0.2) is 5.04 Å². The fourth-order valence-corrected chi connectivity index (χ4v) is 2.82. The summed E-state index contributed by atoms with van der Waals surface area (Å²) in [4.78, 5) is 3.80. The van der Waals surface area contributed by atoms with Crippen LogP contribution in [0.2, 0.25) is 0 Å². The van der Waals surface area contributed by atoms with Crippen molar-refractivity contribution in [3.8, 4) is 5.75 Å². The summed E-state index contributed by atoms with van der Waals surface area (Å²) in [5.41, 5.74) is 1.05. The fourth-order valence-electron chi connectivity index (χ4n) is 1.34. The Hall–Kier alpha value is -1.14. The van der Waals surface area contributed by atoms with E-state index < -0.39 is 9.84 Å². The van der Waals surface area contributed by atoms with Crippen LogP contribution in [0.25, 0.3) is 0 Å². The van der Waals surface area contributed by atoms with Gasteiger partial charge in [0.25, 0.3) is 0 Å². The highest BCUT2D eigenvalue weighted by Gasteiger charge is 2.28. The van der Waals surface area contributed by atoms with E-state index in [4.69, 9.17) is 4.74 Å². The normalized spacial score (nSPS) is 17.5. The minimum absolute atomic E-state index is 0.0193. The Morgan fingerprint density at radius 3 is 2.76 bits per heavy atom. The van der Waals surface area contributed by atoms with E-state index in [0.717, 1.165) is 5.56 Å². The number of aryl methyl sites for hydroxylation is 1. The molecule has 1 aliphatic rings. The van der Waals surface area contributed by atoms with E-state index in [2.05, 4.69) is 20.9 Å². The third-order valence-corrected chi connectivity index (χ3v) is 5.17. The van der Waals surface area contributed by atoms with Gasteiger partial charge in [0.05, 0.1) is 6.20 Å². The number of rotatable bonds is 3. The second kappa shape index (κ2) is 4.62. The highest BCUT2D eigenvalue weighted by atomic mass is 79.9. The quantitative estimate of drug-likeness (QED) is 0.860. The number of hydrogen-bond donors (Lipinski definition) is 0. The van der Waals surface area contributed by atoms with Gasteiger partial charge in [-0.15, -0.1) is 0 Å². The third-order valence-electron chi connectivity index (χ3n) is 2.23. The van der Waals surface area contributed by atoms with Gasteiger partial charge in [-0.3, -0.25) is 0 Å². The first-order chi connectivity index (χ1) is 8.00. The van der Waals surface area contributed by atoms with Crippen LogP contribution in [-0.4, -0.2) is 20.1 Å². The summed E-state index contributed by atoms with van der Waals surface area (Å²) in [6.07, 6.45) is 1.27. The molecule has 2 rings (SSSR count). The Morgan fingerprint density at radius 1 is 1.41 bits per heavy atom. The molecule has 0 saturated heterocycles. The first-order valence-electron chi connectivity index (χ1n) is 4.87. The van der Waals surface area contributed by atoms with Gasteiger partial charge in [0.2, 0.25) is 9.84 Å². The lowest BCUT2D eigenvalue weighted by Gasteiger charge is -2.06. The van der Waals surface area contributed by atoms with Crippen LogP contribution in [0, 0.1) is 6.92 Å². The lowest BCUT2D eigenvalue weighted by Crippen LogP contribution is -2.19. The monoisotopic (exact) mass is 315 g/mol. The summed E-state index contributed by atoms with van der Waals surface area (Å²) in [7, 11) is -3.44. The van der Waals surface area contributed by atoms with E-state index in [0.29, 0.717) is 5.75 Å².